The van der Waals surface area contributed by atoms with Gasteiger partial charge >= 0.3 is 0 Å². The van der Waals surface area contributed by atoms with Crippen molar-refractivity contribution in [1.29, 1.82) is 0 Å². The van der Waals surface area contributed by atoms with E-state index in [1.165, 1.54) is 22.8 Å². The monoisotopic (exact) mass is 361 g/mol. The fourth-order valence-electron chi connectivity index (χ4n) is 2.15. The number of thioether (sulfide) groups is 2. The van der Waals surface area contributed by atoms with E-state index >= 15 is 0 Å². The zero-order valence-corrected chi connectivity index (χ0v) is 13.7. The molecule has 104 valence electrons. The zero-order valence-electron chi connectivity index (χ0n) is 10.5. The van der Waals surface area contributed by atoms with Gasteiger partial charge in [0.05, 0.1) is 4.47 Å². The van der Waals surface area contributed by atoms with Crippen molar-refractivity contribution in [2.75, 3.05) is 30.6 Å². The third-order valence-electron chi connectivity index (χ3n) is 3.07. The normalized spacial score (nSPS) is 21.6. The Hall–Kier alpha value is -0.0400. The lowest BCUT2D eigenvalue weighted by Gasteiger charge is -2.21. The summed E-state index contributed by atoms with van der Waals surface area (Å²) in [7, 11) is 0. The van der Waals surface area contributed by atoms with Gasteiger partial charge in [-0.2, -0.15) is 23.5 Å². The van der Waals surface area contributed by atoms with Crippen molar-refractivity contribution in [3.63, 3.8) is 0 Å². The van der Waals surface area contributed by atoms with Gasteiger partial charge in [-0.05, 0) is 33.6 Å². The molecular formula is C13H16BrNO2S2. The highest BCUT2D eigenvalue weighted by Crippen LogP contribution is 2.39. The standard InChI is InChI=1S/C13H16BrNO2S2/c14-11-3-9(4-12-13(11)17-8-16-12)5-15-6-10-7-18-1-2-19-10/h3-4,10,15H,1-2,5-8H2. The molecule has 1 fully saturated rings. The van der Waals surface area contributed by atoms with Gasteiger partial charge < -0.3 is 14.8 Å². The van der Waals surface area contributed by atoms with Gasteiger partial charge in [0.1, 0.15) is 0 Å². The minimum atomic E-state index is 0.320. The maximum atomic E-state index is 5.43. The Morgan fingerprint density at radius 3 is 3.11 bits per heavy atom. The minimum Gasteiger partial charge on any atom is -0.454 e. The maximum Gasteiger partial charge on any atom is 0.231 e. The third-order valence-corrected chi connectivity index (χ3v) is 6.51. The summed E-state index contributed by atoms with van der Waals surface area (Å²) in [5.41, 5.74) is 1.23. The van der Waals surface area contributed by atoms with Crippen molar-refractivity contribution < 1.29 is 9.47 Å². The Bertz CT molecular complexity index is 453. The van der Waals surface area contributed by atoms with E-state index in [9.17, 15) is 0 Å². The summed E-state index contributed by atoms with van der Waals surface area (Å²) in [6.07, 6.45) is 0. The van der Waals surface area contributed by atoms with Crippen LogP contribution in [0.25, 0.3) is 0 Å². The predicted molar refractivity (Wildman–Crippen MR) is 85.5 cm³/mol. The Morgan fingerprint density at radius 2 is 2.26 bits per heavy atom. The molecule has 0 amide bonds. The van der Waals surface area contributed by atoms with E-state index in [0.29, 0.717) is 6.79 Å². The van der Waals surface area contributed by atoms with Gasteiger partial charge in [0, 0.05) is 35.6 Å². The Morgan fingerprint density at radius 1 is 1.32 bits per heavy atom. The molecule has 1 N–H and O–H groups in total. The van der Waals surface area contributed by atoms with Crippen LogP contribution in [0.3, 0.4) is 0 Å². The summed E-state index contributed by atoms with van der Waals surface area (Å²) in [4.78, 5) is 0. The second kappa shape index (κ2) is 6.61. The minimum absolute atomic E-state index is 0.320. The topological polar surface area (TPSA) is 30.5 Å². The van der Waals surface area contributed by atoms with Crippen molar-refractivity contribution in [2.45, 2.75) is 11.8 Å². The van der Waals surface area contributed by atoms with Crippen LogP contribution in [0, 0.1) is 0 Å². The average Bonchev–Trinajstić information content (AvgIpc) is 2.89. The number of halogens is 1. The average molecular weight is 362 g/mol. The predicted octanol–water partition coefficient (Wildman–Crippen LogP) is 3.12. The first kappa shape index (κ1) is 13.9. The second-order valence-corrected chi connectivity index (χ2v) is 7.92. The van der Waals surface area contributed by atoms with Crippen molar-refractivity contribution >= 4 is 39.5 Å². The maximum absolute atomic E-state index is 5.43. The molecule has 19 heavy (non-hydrogen) atoms. The van der Waals surface area contributed by atoms with E-state index in [4.69, 9.17) is 9.47 Å². The van der Waals surface area contributed by atoms with Crippen LogP contribution in [0.5, 0.6) is 11.5 Å². The smallest absolute Gasteiger partial charge is 0.231 e. The number of fused-ring (bicyclic) bond motifs is 1. The van der Waals surface area contributed by atoms with Crippen LogP contribution >= 0.6 is 39.5 Å². The van der Waals surface area contributed by atoms with Gasteiger partial charge in [-0.15, -0.1) is 0 Å². The molecule has 3 nitrogen and oxygen atoms in total. The van der Waals surface area contributed by atoms with Crippen LogP contribution in [-0.4, -0.2) is 35.8 Å². The number of ether oxygens (including phenoxy) is 2. The summed E-state index contributed by atoms with van der Waals surface area (Å²) < 4.78 is 11.8. The number of nitrogens with one attached hydrogen (secondary N) is 1. The summed E-state index contributed by atoms with van der Waals surface area (Å²) in [5, 5.41) is 4.28. The molecule has 1 saturated heterocycles. The van der Waals surface area contributed by atoms with E-state index in [0.717, 1.165) is 34.3 Å². The SMILES string of the molecule is Brc1cc(CNCC2CSCCS2)cc2c1OCO2. The largest absolute Gasteiger partial charge is 0.454 e. The lowest BCUT2D eigenvalue weighted by Crippen LogP contribution is -2.28. The number of hydrogen-bond donors (Lipinski definition) is 1. The molecule has 2 heterocycles. The molecule has 1 aromatic carbocycles. The Labute approximate surface area is 130 Å². The highest BCUT2D eigenvalue weighted by Gasteiger charge is 2.18. The molecule has 2 aliphatic heterocycles. The zero-order chi connectivity index (χ0) is 13.1. The number of hydrogen-bond acceptors (Lipinski definition) is 5. The second-order valence-electron chi connectivity index (χ2n) is 4.51. The molecule has 2 aliphatic rings. The first-order valence-electron chi connectivity index (χ1n) is 6.31. The molecule has 1 atom stereocenters. The van der Waals surface area contributed by atoms with E-state index < -0.39 is 0 Å². The van der Waals surface area contributed by atoms with E-state index in [2.05, 4.69) is 56.9 Å². The van der Waals surface area contributed by atoms with Crippen molar-refractivity contribution in [3.05, 3.63) is 22.2 Å². The highest BCUT2D eigenvalue weighted by atomic mass is 79.9. The molecule has 0 spiro atoms. The fourth-order valence-corrected chi connectivity index (χ4v) is 5.40. The van der Waals surface area contributed by atoms with Crippen molar-refractivity contribution in [2.24, 2.45) is 0 Å². The molecule has 0 saturated carbocycles. The molecular weight excluding hydrogens is 346 g/mol. The highest BCUT2D eigenvalue weighted by molar-refractivity contribution is 9.10. The summed E-state index contributed by atoms with van der Waals surface area (Å²) in [6, 6.07) is 4.16. The van der Waals surface area contributed by atoms with Crippen LogP contribution in [0.1, 0.15) is 5.56 Å². The van der Waals surface area contributed by atoms with Crippen LogP contribution in [0.15, 0.2) is 16.6 Å². The van der Waals surface area contributed by atoms with E-state index in [-0.39, 0.29) is 0 Å². The lowest BCUT2D eigenvalue weighted by molar-refractivity contribution is 0.173. The van der Waals surface area contributed by atoms with E-state index in [1.807, 2.05) is 0 Å². The van der Waals surface area contributed by atoms with Crippen LogP contribution in [-0.2, 0) is 6.54 Å². The molecule has 0 radical (unpaired) electrons. The van der Waals surface area contributed by atoms with Gasteiger partial charge in [0.15, 0.2) is 11.5 Å². The number of rotatable bonds is 4. The lowest BCUT2D eigenvalue weighted by atomic mass is 10.2. The molecule has 1 unspecified atom stereocenters. The number of benzene rings is 1. The van der Waals surface area contributed by atoms with Crippen molar-refractivity contribution in [3.8, 4) is 11.5 Å². The summed E-state index contributed by atoms with van der Waals surface area (Å²) in [5.74, 6) is 5.52. The van der Waals surface area contributed by atoms with Crippen LogP contribution in [0.2, 0.25) is 0 Å². The van der Waals surface area contributed by atoms with Gasteiger partial charge in [-0.3, -0.25) is 0 Å². The third kappa shape index (κ3) is 3.54. The van der Waals surface area contributed by atoms with E-state index in [1.54, 1.807) is 0 Å². The molecule has 0 aliphatic carbocycles. The summed E-state index contributed by atoms with van der Waals surface area (Å²) in [6.45, 7) is 2.27. The molecule has 6 heteroatoms. The van der Waals surface area contributed by atoms with Crippen LogP contribution < -0.4 is 14.8 Å². The Kier molecular flexibility index (Phi) is 4.84. The van der Waals surface area contributed by atoms with Crippen molar-refractivity contribution in [1.82, 2.24) is 5.32 Å². The molecule has 0 aromatic heterocycles. The van der Waals surface area contributed by atoms with Gasteiger partial charge in [0.2, 0.25) is 6.79 Å². The van der Waals surface area contributed by atoms with Gasteiger partial charge in [-0.25, -0.2) is 0 Å². The molecule has 1 aromatic rings. The summed E-state index contributed by atoms with van der Waals surface area (Å²) >= 11 is 7.67. The van der Waals surface area contributed by atoms with Crippen LogP contribution in [0.4, 0.5) is 0 Å². The quantitative estimate of drug-likeness (QED) is 0.889. The molecule has 3 rings (SSSR count). The Balaban J connectivity index is 1.54. The molecule has 0 bridgehead atoms. The van der Waals surface area contributed by atoms with Gasteiger partial charge in [0.25, 0.3) is 0 Å². The van der Waals surface area contributed by atoms with Gasteiger partial charge in [-0.1, -0.05) is 0 Å². The first-order chi connectivity index (χ1) is 9.33. The first-order valence-corrected chi connectivity index (χ1v) is 9.30. The fraction of sp³-hybridized carbons (Fsp3) is 0.538.